The lowest BCUT2D eigenvalue weighted by molar-refractivity contribution is -0.212. The molecule has 0 N–H and O–H groups in total. The molecule has 4 aromatic rings. The van der Waals surface area contributed by atoms with E-state index in [1.807, 2.05) is 0 Å². The lowest BCUT2D eigenvalue weighted by Crippen LogP contribution is -2.42. The summed E-state index contributed by atoms with van der Waals surface area (Å²) < 4.78 is 67.4. The average Bonchev–Trinajstić information content (AvgIpc) is 3.51. The fourth-order valence-electron chi connectivity index (χ4n) is 3.73. The van der Waals surface area contributed by atoms with Gasteiger partial charge in [-0.05, 0) is 12.1 Å². The standard InChI is InChI=1S/C20H16F5N7OS/c1-30-13(2-5-26-30)15-12-8-14(18(33)31-6-3-19(21,22)4-7-31)34-17(12)29-16(28-15)11-9-27-32(10-11)20(23,24)25/h2,5,8-10H,3-4,6-7H2,1H3. The van der Waals surface area contributed by atoms with Crippen molar-refractivity contribution in [2.45, 2.75) is 25.1 Å². The molecule has 0 saturated carbocycles. The molecule has 1 amide bonds. The van der Waals surface area contributed by atoms with Crippen LogP contribution in [0.4, 0.5) is 22.0 Å². The van der Waals surface area contributed by atoms with Crippen LogP contribution in [0, 0.1) is 0 Å². The number of fused-ring (bicyclic) bond motifs is 1. The van der Waals surface area contributed by atoms with Gasteiger partial charge in [0.15, 0.2) is 5.82 Å². The van der Waals surface area contributed by atoms with E-state index >= 15 is 0 Å². The van der Waals surface area contributed by atoms with Crippen molar-refractivity contribution < 1.29 is 26.7 Å². The Hall–Kier alpha value is -3.42. The van der Waals surface area contributed by atoms with E-state index in [1.54, 1.807) is 19.2 Å². The smallest absolute Gasteiger partial charge is 0.338 e. The number of likely N-dealkylation sites (tertiary alicyclic amines) is 1. The van der Waals surface area contributed by atoms with Crippen molar-refractivity contribution in [2.75, 3.05) is 13.1 Å². The van der Waals surface area contributed by atoms with E-state index < -0.39 is 31.0 Å². The molecule has 8 nitrogen and oxygen atoms in total. The minimum atomic E-state index is -4.69. The van der Waals surface area contributed by atoms with Gasteiger partial charge in [-0.25, -0.2) is 18.7 Å². The molecule has 1 aliphatic rings. The van der Waals surface area contributed by atoms with Crippen LogP contribution in [-0.4, -0.2) is 59.3 Å². The molecule has 1 saturated heterocycles. The normalized spacial score (nSPS) is 16.4. The molecule has 1 aliphatic heterocycles. The van der Waals surface area contributed by atoms with Crippen LogP contribution in [0.5, 0.6) is 0 Å². The molecular weight excluding hydrogens is 481 g/mol. The molecule has 14 heteroatoms. The summed E-state index contributed by atoms with van der Waals surface area (Å²) in [5, 5.41) is 7.96. The zero-order valence-corrected chi connectivity index (χ0v) is 18.4. The lowest BCUT2D eigenvalue weighted by Gasteiger charge is -2.31. The number of carbonyl (C=O) groups is 1. The zero-order chi connectivity index (χ0) is 24.3. The Morgan fingerprint density at radius 1 is 1.15 bits per heavy atom. The first-order valence-corrected chi connectivity index (χ1v) is 10.9. The van der Waals surface area contributed by atoms with E-state index in [1.165, 1.54) is 15.8 Å². The fourth-order valence-corrected chi connectivity index (χ4v) is 4.73. The Kier molecular flexibility index (Phi) is 5.15. The van der Waals surface area contributed by atoms with Gasteiger partial charge in [0.05, 0.1) is 22.3 Å². The summed E-state index contributed by atoms with van der Waals surface area (Å²) in [7, 11) is 1.68. The van der Waals surface area contributed by atoms with Gasteiger partial charge in [-0.1, -0.05) is 0 Å². The fraction of sp³-hybridized carbons (Fsp3) is 0.350. The third kappa shape index (κ3) is 4.02. The number of hydrogen-bond donors (Lipinski definition) is 0. The van der Waals surface area contributed by atoms with Gasteiger partial charge in [0.2, 0.25) is 0 Å². The highest BCUT2D eigenvalue weighted by Gasteiger charge is 2.36. The number of piperidine rings is 1. The number of halogens is 5. The molecule has 0 bridgehead atoms. The first-order valence-electron chi connectivity index (χ1n) is 10.1. The van der Waals surface area contributed by atoms with Crippen LogP contribution in [0.25, 0.3) is 33.0 Å². The van der Waals surface area contributed by atoms with E-state index in [9.17, 15) is 26.7 Å². The summed E-state index contributed by atoms with van der Waals surface area (Å²) in [6.07, 6.45) is -2.18. The van der Waals surface area contributed by atoms with Gasteiger partial charge in [-0.15, -0.1) is 24.5 Å². The molecule has 0 aromatic carbocycles. The molecule has 0 spiro atoms. The second-order valence-electron chi connectivity index (χ2n) is 7.85. The molecule has 0 atom stereocenters. The van der Waals surface area contributed by atoms with Gasteiger partial charge in [0.25, 0.3) is 11.8 Å². The summed E-state index contributed by atoms with van der Waals surface area (Å²) in [6.45, 7) is -0.134. The average molecular weight is 497 g/mol. The number of thiophene rings is 1. The molecule has 4 aromatic heterocycles. The second-order valence-corrected chi connectivity index (χ2v) is 8.89. The minimum absolute atomic E-state index is 0.00216. The molecule has 1 fully saturated rings. The van der Waals surface area contributed by atoms with Crippen LogP contribution in [-0.2, 0) is 13.3 Å². The second kappa shape index (κ2) is 7.82. The molecule has 5 heterocycles. The Labute approximate surface area is 192 Å². The summed E-state index contributed by atoms with van der Waals surface area (Å²) >= 11 is 1.03. The highest BCUT2D eigenvalue weighted by atomic mass is 32.1. The van der Waals surface area contributed by atoms with Gasteiger partial charge < -0.3 is 4.90 Å². The van der Waals surface area contributed by atoms with Crippen molar-refractivity contribution in [1.29, 1.82) is 0 Å². The summed E-state index contributed by atoms with van der Waals surface area (Å²) in [4.78, 5) is 23.9. The minimum Gasteiger partial charge on any atom is -0.338 e. The quantitative estimate of drug-likeness (QED) is 0.394. The summed E-state index contributed by atoms with van der Waals surface area (Å²) in [6, 6.07) is 3.26. The van der Waals surface area contributed by atoms with Gasteiger partial charge in [-0.3, -0.25) is 9.48 Å². The predicted octanol–water partition coefficient (Wildman–Crippen LogP) is 4.30. The number of carbonyl (C=O) groups excluding carboxylic acids is 1. The van der Waals surface area contributed by atoms with Crippen LogP contribution < -0.4 is 0 Å². The number of amides is 1. The highest BCUT2D eigenvalue weighted by Crippen LogP contribution is 2.36. The van der Waals surface area contributed by atoms with Crippen LogP contribution in [0.2, 0.25) is 0 Å². The largest absolute Gasteiger partial charge is 0.504 e. The first kappa shape index (κ1) is 22.4. The maximum atomic E-state index is 13.5. The molecule has 34 heavy (non-hydrogen) atoms. The van der Waals surface area contributed by atoms with Gasteiger partial charge in [0.1, 0.15) is 10.5 Å². The van der Waals surface area contributed by atoms with Crippen molar-refractivity contribution in [1.82, 2.24) is 34.4 Å². The maximum Gasteiger partial charge on any atom is 0.504 e. The van der Waals surface area contributed by atoms with E-state index in [0.717, 1.165) is 23.7 Å². The monoisotopic (exact) mass is 497 g/mol. The molecular formula is C20H16F5N7OS. The number of nitrogens with zero attached hydrogens (tertiary/aromatic N) is 7. The predicted molar refractivity (Wildman–Crippen MR) is 112 cm³/mol. The van der Waals surface area contributed by atoms with Crippen molar-refractivity contribution in [3.8, 4) is 22.8 Å². The Morgan fingerprint density at radius 2 is 1.88 bits per heavy atom. The van der Waals surface area contributed by atoms with E-state index in [-0.39, 0.29) is 34.0 Å². The zero-order valence-electron chi connectivity index (χ0n) is 17.6. The first-order chi connectivity index (χ1) is 16.0. The maximum absolute atomic E-state index is 13.5. The van der Waals surface area contributed by atoms with Gasteiger partial charge in [0, 0.05) is 50.8 Å². The Bertz CT molecular complexity index is 1380. The van der Waals surface area contributed by atoms with Crippen LogP contribution >= 0.6 is 11.3 Å². The van der Waals surface area contributed by atoms with E-state index in [4.69, 9.17) is 0 Å². The number of hydrogen-bond acceptors (Lipinski definition) is 6. The molecule has 0 radical (unpaired) electrons. The lowest BCUT2D eigenvalue weighted by atomic mass is 10.1. The van der Waals surface area contributed by atoms with Crippen LogP contribution in [0.3, 0.4) is 0 Å². The molecule has 5 rings (SSSR count). The third-order valence-corrected chi connectivity index (χ3v) is 6.57. The third-order valence-electron chi connectivity index (χ3n) is 5.55. The van der Waals surface area contributed by atoms with Crippen LogP contribution in [0.15, 0.2) is 30.7 Å². The van der Waals surface area contributed by atoms with Crippen molar-refractivity contribution in [2.24, 2.45) is 7.05 Å². The highest BCUT2D eigenvalue weighted by molar-refractivity contribution is 7.20. The summed E-state index contributed by atoms with van der Waals surface area (Å²) in [5.74, 6) is -3.19. The van der Waals surface area contributed by atoms with E-state index in [0.29, 0.717) is 21.6 Å². The molecule has 0 unspecified atom stereocenters. The number of rotatable bonds is 3. The number of alkyl halides is 5. The Balaban J connectivity index is 1.59. The van der Waals surface area contributed by atoms with Crippen molar-refractivity contribution in [3.05, 3.63) is 35.6 Å². The Morgan fingerprint density at radius 3 is 2.50 bits per heavy atom. The summed E-state index contributed by atoms with van der Waals surface area (Å²) in [5.41, 5.74) is 0.980. The SMILES string of the molecule is Cn1nccc1-c1nc(-c2cnn(C(F)(F)F)c2)nc2sc(C(=O)N3CCC(F)(F)CC3)cc12. The van der Waals surface area contributed by atoms with Crippen LogP contribution in [0.1, 0.15) is 22.5 Å². The van der Waals surface area contributed by atoms with Crippen molar-refractivity contribution >= 4 is 27.5 Å². The van der Waals surface area contributed by atoms with Crippen molar-refractivity contribution in [3.63, 3.8) is 0 Å². The molecule has 178 valence electrons. The van der Waals surface area contributed by atoms with Gasteiger partial charge in [-0.2, -0.15) is 14.9 Å². The van der Waals surface area contributed by atoms with Gasteiger partial charge >= 0.3 is 6.30 Å². The van der Waals surface area contributed by atoms with E-state index in [2.05, 4.69) is 20.2 Å². The number of aryl methyl sites for hydroxylation is 1. The number of aromatic nitrogens is 6. The molecule has 0 aliphatic carbocycles. The topological polar surface area (TPSA) is 81.7 Å².